The van der Waals surface area contributed by atoms with Crippen LogP contribution in [-0.2, 0) is 0 Å². The molecule has 0 aliphatic heterocycles. The Morgan fingerprint density at radius 3 is 2.44 bits per heavy atom. The topological polar surface area (TPSA) is 9.23 Å². The van der Waals surface area contributed by atoms with Crippen molar-refractivity contribution in [3.8, 4) is 5.75 Å². The molecular weight excluding hydrogens is 267 g/mol. The molecule has 1 nitrogen and oxygen atoms in total. The molecule has 0 saturated carbocycles. The summed E-state index contributed by atoms with van der Waals surface area (Å²) in [6, 6.07) is 4.09. The minimum absolute atomic E-state index is 0. The van der Waals surface area contributed by atoms with Crippen molar-refractivity contribution in [3.05, 3.63) is 35.9 Å². The van der Waals surface area contributed by atoms with Crippen LogP contribution in [0.1, 0.15) is 18.9 Å². The molecule has 1 aromatic rings. The van der Waals surface area contributed by atoms with Crippen LogP contribution in [0.2, 0.25) is 0 Å². The van der Waals surface area contributed by atoms with E-state index in [1.165, 1.54) is 6.07 Å². The second-order valence-corrected chi connectivity index (χ2v) is 4.01. The Morgan fingerprint density at radius 2 is 1.94 bits per heavy atom. The molecule has 94 valence electrons. The molecule has 0 bridgehead atoms. The van der Waals surface area contributed by atoms with Gasteiger partial charge in [0.25, 0.3) is 0 Å². The van der Waals surface area contributed by atoms with Gasteiger partial charge in [-0.3, -0.25) is 0 Å². The normalized spacial score (nSPS) is 10.7. The van der Waals surface area contributed by atoms with E-state index in [9.17, 15) is 12.9 Å². The fraction of sp³-hybridized carbons (Fsp3) is 0.333. The zero-order valence-electron chi connectivity index (χ0n) is 11.0. The van der Waals surface area contributed by atoms with Crippen LogP contribution in [0.15, 0.2) is 30.4 Å². The van der Waals surface area contributed by atoms with Crippen LogP contribution in [0.25, 0.3) is 0 Å². The van der Waals surface area contributed by atoms with Crippen molar-refractivity contribution in [3.63, 3.8) is 0 Å². The molecule has 6 heteroatoms. The van der Waals surface area contributed by atoms with Crippen LogP contribution in [0.5, 0.6) is 5.75 Å². The first-order valence-corrected chi connectivity index (χ1v) is 5.44. The predicted octanol–water partition coefficient (Wildman–Crippen LogP) is 0.398. The van der Waals surface area contributed by atoms with Gasteiger partial charge in [0, 0.05) is 0 Å². The maximum absolute atomic E-state index is 12.8. The standard InChI is InChI=1S/C12H15BF3O.K/c1-4-9(2)8-17-12-6-5-10(3)7-11(12)13(14,15)16;/h5-7H,2,4,8H2,1,3H3;/q-1;+1. The van der Waals surface area contributed by atoms with E-state index in [1.807, 2.05) is 6.92 Å². The summed E-state index contributed by atoms with van der Waals surface area (Å²) in [5.41, 5.74) is 0.668. The number of hydrogen-bond acceptors (Lipinski definition) is 1. The van der Waals surface area contributed by atoms with Crippen molar-refractivity contribution in [1.29, 1.82) is 0 Å². The van der Waals surface area contributed by atoms with E-state index in [0.717, 1.165) is 11.6 Å². The quantitative estimate of drug-likeness (QED) is 0.561. The monoisotopic (exact) mass is 282 g/mol. The summed E-state index contributed by atoms with van der Waals surface area (Å²) in [5, 5.41) is 0. The van der Waals surface area contributed by atoms with Crippen LogP contribution < -0.4 is 61.6 Å². The van der Waals surface area contributed by atoms with Crippen LogP contribution in [0, 0.1) is 6.92 Å². The van der Waals surface area contributed by atoms with E-state index in [2.05, 4.69) is 6.58 Å². The third-order valence-corrected chi connectivity index (χ3v) is 2.45. The van der Waals surface area contributed by atoms with Crippen molar-refractivity contribution in [1.82, 2.24) is 0 Å². The molecule has 0 fully saturated rings. The van der Waals surface area contributed by atoms with Crippen molar-refractivity contribution in [2.45, 2.75) is 20.3 Å². The summed E-state index contributed by atoms with van der Waals surface area (Å²) in [6.07, 6.45) is 0.693. The molecule has 0 atom stereocenters. The minimum Gasteiger partial charge on any atom is -0.492 e. The van der Waals surface area contributed by atoms with Crippen LogP contribution in [0.3, 0.4) is 0 Å². The summed E-state index contributed by atoms with van der Waals surface area (Å²) in [5.74, 6) is -0.113. The van der Waals surface area contributed by atoms with Gasteiger partial charge in [-0.25, -0.2) is 0 Å². The molecular formula is C12H15BF3KO. The first-order valence-electron chi connectivity index (χ1n) is 5.44. The molecule has 0 aliphatic carbocycles. The molecule has 1 aromatic carbocycles. The zero-order chi connectivity index (χ0) is 13.1. The summed E-state index contributed by atoms with van der Waals surface area (Å²) in [6.45, 7) is 2.28. The molecule has 0 radical (unpaired) electrons. The molecule has 0 N–H and O–H groups in total. The van der Waals surface area contributed by atoms with E-state index < -0.39 is 12.4 Å². The summed E-state index contributed by atoms with van der Waals surface area (Å²) in [7, 11) is 0. The Labute approximate surface area is 148 Å². The number of hydrogen-bond donors (Lipinski definition) is 0. The largest absolute Gasteiger partial charge is 1.00 e. The Balaban J connectivity index is 0.00000289. The summed E-state index contributed by atoms with van der Waals surface area (Å²) >= 11 is 0. The van der Waals surface area contributed by atoms with Crippen molar-refractivity contribution >= 4 is 12.4 Å². The van der Waals surface area contributed by atoms with Gasteiger partial charge >= 0.3 is 58.4 Å². The smallest absolute Gasteiger partial charge is 0.492 e. The fourth-order valence-electron chi connectivity index (χ4n) is 1.34. The molecule has 0 amide bonds. The Bertz CT molecular complexity index is 418. The SMILES string of the molecule is C=C(CC)COc1ccc(C)cc1[B-](F)(F)F.[K+]. The van der Waals surface area contributed by atoms with E-state index in [4.69, 9.17) is 4.74 Å². The number of ether oxygens (including phenoxy) is 1. The zero-order valence-corrected chi connectivity index (χ0v) is 14.1. The van der Waals surface area contributed by atoms with Crippen LogP contribution in [0.4, 0.5) is 12.9 Å². The second-order valence-electron chi connectivity index (χ2n) is 4.01. The van der Waals surface area contributed by atoms with Crippen molar-refractivity contribution in [2.24, 2.45) is 0 Å². The number of aryl methyl sites for hydroxylation is 1. The number of halogens is 3. The predicted molar refractivity (Wildman–Crippen MR) is 64.8 cm³/mol. The third kappa shape index (κ3) is 5.49. The average Bonchev–Trinajstić information content (AvgIpc) is 2.25. The molecule has 0 spiro atoms. The fourth-order valence-corrected chi connectivity index (χ4v) is 1.34. The minimum atomic E-state index is -5.05. The molecule has 18 heavy (non-hydrogen) atoms. The van der Waals surface area contributed by atoms with E-state index in [-0.39, 0.29) is 63.7 Å². The number of rotatable bonds is 5. The van der Waals surface area contributed by atoms with Gasteiger partial charge in [0.1, 0.15) is 6.61 Å². The molecule has 0 saturated heterocycles. The second kappa shape index (κ2) is 7.75. The van der Waals surface area contributed by atoms with Crippen molar-refractivity contribution < 1.29 is 69.1 Å². The van der Waals surface area contributed by atoms with E-state index in [0.29, 0.717) is 12.0 Å². The maximum atomic E-state index is 12.8. The molecule has 1 rings (SSSR count). The molecule has 0 aliphatic rings. The van der Waals surface area contributed by atoms with Gasteiger partial charge in [-0.15, -0.1) is 0 Å². The van der Waals surface area contributed by atoms with Gasteiger partial charge in [-0.05, 0) is 25.0 Å². The van der Waals surface area contributed by atoms with E-state index >= 15 is 0 Å². The van der Waals surface area contributed by atoms with Gasteiger partial charge in [0.15, 0.2) is 0 Å². The third-order valence-electron chi connectivity index (χ3n) is 2.45. The first-order chi connectivity index (χ1) is 7.84. The van der Waals surface area contributed by atoms with Crippen molar-refractivity contribution in [2.75, 3.05) is 6.61 Å². The Hall–Kier alpha value is 0.251. The maximum Gasteiger partial charge on any atom is 1.00 e. The van der Waals surface area contributed by atoms with Gasteiger partial charge < -0.3 is 17.7 Å². The van der Waals surface area contributed by atoms with E-state index in [1.54, 1.807) is 13.0 Å². The number of benzene rings is 1. The van der Waals surface area contributed by atoms with Gasteiger partial charge in [0.2, 0.25) is 0 Å². The van der Waals surface area contributed by atoms with Gasteiger partial charge in [-0.1, -0.05) is 36.7 Å². The average molecular weight is 282 g/mol. The summed E-state index contributed by atoms with van der Waals surface area (Å²) < 4.78 is 43.6. The summed E-state index contributed by atoms with van der Waals surface area (Å²) in [4.78, 5) is 0. The van der Waals surface area contributed by atoms with Gasteiger partial charge in [-0.2, -0.15) is 0 Å². The molecule has 0 unspecified atom stereocenters. The van der Waals surface area contributed by atoms with Crippen LogP contribution >= 0.6 is 0 Å². The van der Waals surface area contributed by atoms with Gasteiger partial charge in [0.05, 0.1) is 5.75 Å². The Kier molecular flexibility index (Phi) is 7.86. The Morgan fingerprint density at radius 1 is 1.33 bits per heavy atom. The van der Waals surface area contributed by atoms with Crippen LogP contribution in [-0.4, -0.2) is 13.6 Å². The molecule has 0 heterocycles. The molecule has 0 aromatic heterocycles. The first kappa shape index (κ1) is 18.3.